The van der Waals surface area contributed by atoms with Gasteiger partial charge in [-0.1, -0.05) is 11.6 Å². The lowest BCUT2D eigenvalue weighted by Gasteiger charge is -2.28. The Bertz CT molecular complexity index is 1010. The van der Waals surface area contributed by atoms with Crippen LogP contribution >= 0.6 is 11.6 Å². The molecule has 0 amide bonds. The van der Waals surface area contributed by atoms with E-state index in [9.17, 15) is 27.6 Å². The van der Waals surface area contributed by atoms with Gasteiger partial charge >= 0.3 is 5.97 Å². The second kappa shape index (κ2) is 8.06. The van der Waals surface area contributed by atoms with Crippen molar-refractivity contribution in [3.8, 4) is 6.07 Å². The summed E-state index contributed by atoms with van der Waals surface area (Å²) in [7, 11) is 0. The predicted octanol–water partition coefficient (Wildman–Crippen LogP) is 5.52. The predicted molar refractivity (Wildman–Crippen MR) is 101 cm³/mol. The number of nitriles is 1. The maximum Gasteiger partial charge on any atom is 0.339 e. The van der Waals surface area contributed by atoms with Crippen molar-refractivity contribution in [2.24, 2.45) is 5.92 Å². The number of rotatable bonds is 5. The summed E-state index contributed by atoms with van der Waals surface area (Å²) in [6.45, 7) is 2.33. The Morgan fingerprint density at radius 1 is 1.43 bits per heavy atom. The van der Waals surface area contributed by atoms with Crippen molar-refractivity contribution in [2.45, 2.75) is 57.8 Å². The van der Waals surface area contributed by atoms with Gasteiger partial charge in [0, 0.05) is 19.8 Å². The largest absolute Gasteiger partial charge is 0.462 e. The van der Waals surface area contributed by atoms with E-state index < -0.39 is 23.5 Å². The molecule has 0 aromatic carbocycles. The van der Waals surface area contributed by atoms with E-state index in [0.29, 0.717) is 6.92 Å². The lowest BCUT2D eigenvalue weighted by Crippen LogP contribution is -2.26. The summed E-state index contributed by atoms with van der Waals surface area (Å²) in [4.78, 5) is 16.1. The van der Waals surface area contributed by atoms with E-state index in [1.807, 2.05) is 6.07 Å². The number of pyridine rings is 1. The second-order valence-corrected chi connectivity index (χ2v) is 7.92. The highest BCUT2D eigenvalue weighted by atomic mass is 35.5. The number of carbonyl (C=O) groups excluding carboxylic acids is 1. The van der Waals surface area contributed by atoms with Crippen LogP contribution < -0.4 is 0 Å². The number of fused-ring (bicyclic) bond motifs is 1. The van der Waals surface area contributed by atoms with Crippen LogP contribution in [0.2, 0.25) is 5.02 Å². The number of imidazole rings is 1. The van der Waals surface area contributed by atoms with Gasteiger partial charge in [0.05, 0.1) is 22.9 Å². The summed E-state index contributed by atoms with van der Waals surface area (Å²) in [5.41, 5.74) is -0.944. The molecule has 2 heterocycles. The highest BCUT2D eigenvalue weighted by molar-refractivity contribution is 6.34. The van der Waals surface area contributed by atoms with Crippen molar-refractivity contribution in [1.82, 2.24) is 9.38 Å². The van der Waals surface area contributed by atoms with Gasteiger partial charge in [0.2, 0.25) is 5.92 Å². The number of alkyl halides is 4. The molecule has 3 rings (SSSR count). The normalized spacial score (nSPS) is 17.1. The third-order valence-electron chi connectivity index (χ3n) is 5.28. The monoisotopic (exact) mass is 445 g/mol. The van der Waals surface area contributed by atoms with Crippen molar-refractivity contribution in [3.63, 3.8) is 0 Å². The summed E-state index contributed by atoms with van der Waals surface area (Å²) in [5.74, 6) is -7.15. The Morgan fingerprint density at radius 2 is 2.07 bits per heavy atom. The topological polar surface area (TPSA) is 67.4 Å². The van der Waals surface area contributed by atoms with E-state index in [0.717, 1.165) is 0 Å². The Balaban J connectivity index is 2.16. The van der Waals surface area contributed by atoms with Gasteiger partial charge in [-0.05, 0) is 38.2 Å². The number of ether oxygens (including phenoxy) is 1. The lowest BCUT2D eigenvalue weighted by atomic mass is 9.83. The molecule has 1 fully saturated rings. The minimum Gasteiger partial charge on any atom is -0.462 e. The van der Waals surface area contributed by atoms with Crippen molar-refractivity contribution in [3.05, 3.63) is 33.7 Å². The van der Waals surface area contributed by atoms with Gasteiger partial charge < -0.3 is 4.74 Å². The van der Waals surface area contributed by atoms with E-state index in [1.165, 1.54) is 10.5 Å². The summed E-state index contributed by atoms with van der Waals surface area (Å²) in [5, 5.41) is 9.41. The molecule has 30 heavy (non-hydrogen) atoms. The van der Waals surface area contributed by atoms with E-state index in [2.05, 4.69) is 4.98 Å². The molecular formula is C20H20ClF4N3O2. The van der Waals surface area contributed by atoms with Crippen LogP contribution in [0.4, 0.5) is 17.6 Å². The molecule has 10 heteroatoms. The molecule has 5 nitrogen and oxygen atoms in total. The fourth-order valence-corrected chi connectivity index (χ4v) is 4.07. The molecule has 2 aromatic heterocycles. The summed E-state index contributed by atoms with van der Waals surface area (Å²) in [6, 6.07) is 3.05. The van der Waals surface area contributed by atoms with Gasteiger partial charge in [-0.3, -0.25) is 4.40 Å². The van der Waals surface area contributed by atoms with Crippen LogP contribution in [0.15, 0.2) is 6.07 Å². The molecule has 1 aliphatic rings. The first-order valence-electron chi connectivity index (χ1n) is 9.55. The first-order valence-corrected chi connectivity index (χ1v) is 9.93. The number of nitrogens with zero attached hydrogens (tertiary/aromatic N) is 3. The molecule has 0 N–H and O–H groups in total. The third kappa shape index (κ3) is 4.24. The standard InChI is InChI=1S/C20H20ClF4N3O2/c1-3-30-18(29)12-9-15-27-17(19(2,22)23)13(28(15)14(10-26)16(12)21)8-11-4-6-20(24,25)7-5-11/h9,11H,3-8H2,1-2H3. The molecule has 0 atom stereocenters. The average molecular weight is 446 g/mol. The fourth-order valence-electron chi connectivity index (χ4n) is 3.81. The summed E-state index contributed by atoms with van der Waals surface area (Å²) >= 11 is 6.24. The lowest BCUT2D eigenvalue weighted by molar-refractivity contribution is -0.0460. The zero-order chi connectivity index (χ0) is 22.3. The number of carbonyl (C=O) groups is 1. The van der Waals surface area contributed by atoms with Crippen molar-refractivity contribution >= 4 is 23.2 Å². The first kappa shape index (κ1) is 22.3. The number of aromatic nitrogens is 2. The van der Waals surface area contributed by atoms with Crippen LogP contribution in [0.5, 0.6) is 0 Å². The van der Waals surface area contributed by atoms with Crippen LogP contribution in [0.3, 0.4) is 0 Å². The van der Waals surface area contributed by atoms with Gasteiger partial charge in [-0.2, -0.15) is 14.0 Å². The zero-order valence-corrected chi connectivity index (χ0v) is 17.2. The van der Waals surface area contributed by atoms with Gasteiger partial charge in [0.25, 0.3) is 5.92 Å². The van der Waals surface area contributed by atoms with E-state index in [4.69, 9.17) is 16.3 Å². The van der Waals surface area contributed by atoms with E-state index in [-0.39, 0.29) is 72.3 Å². The Labute approximate surface area is 175 Å². The maximum absolute atomic E-state index is 14.3. The number of esters is 1. The van der Waals surface area contributed by atoms with Gasteiger partial charge in [0.1, 0.15) is 23.1 Å². The average Bonchev–Trinajstić information content (AvgIpc) is 3.01. The zero-order valence-electron chi connectivity index (χ0n) is 16.4. The van der Waals surface area contributed by atoms with Crippen LogP contribution in [-0.4, -0.2) is 27.9 Å². The molecule has 2 aromatic rings. The molecular weight excluding hydrogens is 426 g/mol. The van der Waals surface area contributed by atoms with Crippen molar-refractivity contribution in [1.29, 1.82) is 5.26 Å². The fraction of sp³-hybridized carbons (Fsp3) is 0.550. The Kier molecular flexibility index (Phi) is 6.01. The van der Waals surface area contributed by atoms with Crippen LogP contribution in [0, 0.1) is 17.2 Å². The maximum atomic E-state index is 14.3. The highest BCUT2D eigenvalue weighted by Gasteiger charge is 2.38. The molecule has 1 aliphatic carbocycles. The number of halogens is 5. The van der Waals surface area contributed by atoms with Crippen LogP contribution in [0.1, 0.15) is 67.0 Å². The molecule has 0 radical (unpaired) electrons. The van der Waals surface area contributed by atoms with Gasteiger partial charge in [-0.25, -0.2) is 18.6 Å². The third-order valence-corrected chi connectivity index (χ3v) is 5.66. The second-order valence-electron chi connectivity index (χ2n) is 7.55. The van der Waals surface area contributed by atoms with E-state index >= 15 is 0 Å². The van der Waals surface area contributed by atoms with Crippen molar-refractivity contribution in [2.75, 3.05) is 6.61 Å². The summed E-state index contributed by atoms with van der Waals surface area (Å²) in [6.07, 6.45) is -0.243. The Hall–Kier alpha value is -2.34. The number of hydrogen-bond donors (Lipinski definition) is 0. The highest BCUT2D eigenvalue weighted by Crippen LogP contribution is 2.40. The minimum absolute atomic E-state index is 0.0414. The smallest absolute Gasteiger partial charge is 0.339 e. The molecule has 0 saturated heterocycles. The molecule has 0 spiro atoms. The molecule has 0 unspecified atom stereocenters. The molecule has 0 aliphatic heterocycles. The summed E-state index contributed by atoms with van der Waals surface area (Å²) < 4.78 is 61.8. The van der Waals surface area contributed by atoms with Crippen LogP contribution in [-0.2, 0) is 17.1 Å². The van der Waals surface area contributed by atoms with Crippen LogP contribution in [0.25, 0.3) is 5.65 Å². The Morgan fingerprint density at radius 3 is 2.60 bits per heavy atom. The first-order chi connectivity index (χ1) is 14.0. The molecule has 1 saturated carbocycles. The van der Waals surface area contributed by atoms with Gasteiger partial charge in [-0.15, -0.1) is 0 Å². The molecule has 162 valence electrons. The SMILES string of the molecule is CCOC(=O)c1cc2nc(C(C)(F)F)c(CC3CCC(F)(F)CC3)n2c(C#N)c1Cl. The minimum atomic E-state index is -3.34. The molecule has 0 bridgehead atoms. The van der Waals surface area contributed by atoms with E-state index in [1.54, 1.807) is 6.92 Å². The van der Waals surface area contributed by atoms with Crippen molar-refractivity contribution < 1.29 is 27.1 Å². The number of hydrogen-bond acceptors (Lipinski definition) is 4. The van der Waals surface area contributed by atoms with Gasteiger partial charge in [0.15, 0.2) is 0 Å². The quantitative estimate of drug-likeness (QED) is 0.449.